The van der Waals surface area contributed by atoms with E-state index in [9.17, 15) is 8.42 Å². The van der Waals surface area contributed by atoms with Crippen molar-refractivity contribution in [3.8, 4) is 0 Å². The van der Waals surface area contributed by atoms with E-state index in [2.05, 4.69) is 4.98 Å². The quantitative estimate of drug-likeness (QED) is 0.927. The molecule has 0 unspecified atom stereocenters. The van der Waals surface area contributed by atoms with Crippen LogP contribution in [0, 0.1) is 0 Å². The van der Waals surface area contributed by atoms with Gasteiger partial charge in [0.15, 0.2) is 0 Å². The third-order valence-corrected chi connectivity index (χ3v) is 5.11. The number of rotatable bonds is 2. The first-order valence-corrected chi connectivity index (χ1v) is 8.59. The Morgan fingerprint density at radius 2 is 2.15 bits per heavy atom. The van der Waals surface area contributed by atoms with Crippen molar-refractivity contribution in [2.45, 2.75) is 6.42 Å². The molecule has 4 nitrogen and oxygen atoms in total. The maximum Gasteiger partial charge on any atom is 0.211 e. The third-order valence-electron chi connectivity index (χ3n) is 3.62. The summed E-state index contributed by atoms with van der Waals surface area (Å²) in [6.07, 6.45) is 5.81. The van der Waals surface area contributed by atoms with Gasteiger partial charge in [0.2, 0.25) is 10.0 Å². The summed E-state index contributed by atoms with van der Waals surface area (Å²) < 4.78 is 24.5. The second-order valence-electron chi connectivity index (χ2n) is 4.99. The van der Waals surface area contributed by atoms with Crippen molar-refractivity contribution in [3.63, 3.8) is 0 Å². The van der Waals surface area contributed by atoms with E-state index in [0.29, 0.717) is 24.5 Å². The van der Waals surface area contributed by atoms with Gasteiger partial charge in [-0.15, -0.1) is 0 Å². The van der Waals surface area contributed by atoms with Crippen LogP contribution in [0.2, 0.25) is 5.02 Å². The van der Waals surface area contributed by atoms with Gasteiger partial charge in [-0.25, -0.2) is 8.42 Å². The van der Waals surface area contributed by atoms with Crippen LogP contribution < -0.4 is 0 Å². The van der Waals surface area contributed by atoms with Crippen LogP contribution in [-0.2, 0) is 10.0 Å². The number of aromatic nitrogens is 1. The Hall–Kier alpha value is -1.30. The average Bonchev–Trinajstić information content (AvgIpc) is 2.85. The zero-order valence-corrected chi connectivity index (χ0v) is 12.6. The number of nitrogens with zero attached hydrogens (tertiary/aromatic N) is 1. The number of aromatic amines is 1. The van der Waals surface area contributed by atoms with Gasteiger partial charge in [-0.2, -0.15) is 4.31 Å². The average molecular weight is 311 g/mol. The van der Waals surface area contributed by atoms with E-state index in [4.69, 9.17) is 11.6 Å². The summed E-state index contributed by atoms with van der Waals surface area (Å²) in [6.45, 7) is 0.940. The number of fused-ring (bicyclic) bond motifs is 1. The SMILES string of the molecule is CS(=O)(=O)N1CC=C(c2cc(Cl)cc3[nH]ccc23)CC1. The molecule has 106 valence electrons. The Morgan fingerprint density at radius 3 is 2.80 bits per heavy atom. The molecule has 20 heavy (non-hydrogen) atoms. The van der Waals surface area contributed by atoms with Crippen LogP contribution in [0.1, 0.15) is 12.0 Å². The normalized spacial score (nSPS) is 17.4. The second-order valence-corrected chi connectivity index (χ2v) is 7.41. The molecule has 0 amide bonds. The van der Waals surface area contributed by atoms with Crippen LogP contribution in [0.15, 0.2) is 30.5 Å². The summed E-state index contributed by atoms with van der Waals surface area (Å²) >= 11 is 6.15. The van der Waals surface area contributed by atoms with Crippen molar-refractivity contribution in [1.29, 1.82) is 0 Å². The molecule has 0 bridgehead atoms. The summed E-state index contributed by atoms with van der Waals surface area (Å²) in [5, 5.41) is 1.80. The van der Waals surface area contributed by atoms with E-state index in [1.165, 1.54) is 10.6 Å². The number of H-pyrrole nitrogens is 1. The zero-order valence-electron chi connectivity index (χ0n) is 11.1. The van der Waals surface area contributed by atoms with Crippen LogP contribution in [0.5, 0.6) is 0 Å². The van der Waals surface area contributed by atoms with Gasteiger partial charge in [0.05, 0.1) is 6.26 Å². The van der Waals surface area contributed by atoms with Crippen LogP contribution in [-0.4, -0.2) is 37.1 Å². The molecule has 1 aliphatic heterocycles. The Balaban J connectivity index is 2.01. The van der Waals surface area contributed by atoms with E-state index in [1.54, 1.807) is 0 Å². The molecule has 0 aliphatic carbocycles. The highest BCUT2D eigenvalue weighted by Crippen LogP contribution is 2.32. The van der Waals surface area contributed by atoms with Crippen LogP contribution in [0.3, 0.4) is 0 Å². The first kappa shape index (κ1) is 13.7. The van der Waals surface area contributed by atoms with Crippen molar-refractivity contribution in [2.75, 3.05) is 19.3 Å². The molecule has 3 rings (SSSR count). The molecule has 0 spiro atoms. The number of benzene rings is 1. The molecule has 1 aliphatic rings. The largest absolute Gasteiger partial charge is 0.361 e. The predicted molar refractivity (Wildman–Crippen MR) is 82.3 cm³/mol. The number of hydrogen-bond acceptors (Lipinski definition) is 2. The molecule has 0 saturated heterocycles. The topological polar surface area (TPSA) is 53.2 Å². The second kappa shape index (κ2) is 4.91. The minimum Gasteiger partial charge on any atom is -0.361 e. The number of sulfonamides is 1. The molecular formula is C14H15ClN2O2S. The van der Waals surface area contributed by atoms with Gasteiger partial charge in [-0.1, -0.05) is 17.7 Å². The summed E-state index contributed by atoms with van der Waals surface area (Å²) in [7, 11) is -3.11. The van der Waals surface area contributed by atoms with E-state index < -0.39 is 10.0 Å². The molecule has 1 N–H and O–H groups in total. The fraction of sp³-hybridized carbons (Fsp3) is 0.286. The lowest BCUT2D eigenvalue weighted by Crippen LogP contribution is -2.33. The molecule has 1 aromatic carbocycles. The molecule has 1 aromatic heterocycles. The van der Waals surface area contributed by atoms with Gasteiger partial charge < -0.3 is 4.98 Å². The van der Waals surface area contributed by atoms with Gasteiger partial charge in [0.1, 0.15) is 0 Å². The van der Waals surface area contributed by atoms with Crippen molar-refractivity contribution in [1.82, 2.24) is 9.29 Å². The molecule has 2 aromatic rings. The van der Waals surface area contributed by atoms with Crippen LogP contribution in [0.4, 0.5) is 0 Å². The Morgan fingerprint density at radius 1 is 1.35 bits per heavy atom. The number of nitrogens with one attached hydrogen (secondary N) is 1. The fourth-order valence-electron chi connectivity index (χ4n) is 2.59. The summed E-state index contributed by atoms with van der Waals surface area (Å²) in [6, 6.07) is 5.86. The van der Waals surface area contributed by atoms with Crippen molar-refractivity contribution in [3.05, 3.63) is 41.1 Å². The zero-order chi connectivity index (χ0) is 14.3. The molecule has 0 atom stereocenters. The minimum atomic E-state index is -3.11. The lowest BCUT2D eigenvalue weighted by atomic mass is 9.97. The molecule has 0 fully saturated rings. The van der Waals surface area contributed by atoms with Gasteiger partial charge >= 0.3 is 0 Å². The predicted octanol–water partition coefficient (Wildman–Crippen LogP) is 2.87. The Labute approximate surface area is 123 Å². The van der Waals surface area contributed by atoms with E-state index in [1.807, 2.05) is 30.5 Å². The lowest BCUT2D eigenvalue weighted by molar-refractivity contribution is 0.446. The molecule has 6 heteroatoms. The smallest absolute Gasteiger partial charge is 0.211 e. The summed E-state index contributed by atoms with van der Waals surface area (Å²) in [4.78, 5) is 3.15. The molecular weight excluding hydrogens is 296 g/mol. The van der Waals surface area contributed by atoms with Crippen molar-refractivity contribution >= 4 is 38.1 Å². The van der Waals surface area contributed by atoms with Gasteiger partial charge in [-0.3, -0.25) is 0 Å². The first-order chi connectivity index (χ1) is 9.45. The van der Waals surface area contributed by atoms with Crippen LogP contribution in [0.25, 0.3) is 16.5 Å². The molecule has 2 heterocycles. The highest BCUT2D eigenvalue weighted by Gasteiger charge is 2.21. The Kier molecular flexibility index (Phi) is 3.36. The standard InChI is InChI=1S/C14H15ClN2O2S/c1-20(18,19)17-6-3-10(4-7-17)13-8-11(15)9-14-12(13)2-5-16-14/h2-3,5,8-9,16H,4,6-7H2,1H3. The monoisotopic (exact) mass is 310 g/mol. The van der Waals surface area contributed by atoms with Gasteiger partial charge in [0, 0.05) is 35.2 Å². The maximum absolute atomic E-state index is 11.5. The number of halogens is 1. The number of hydrogen-bond donors (Lipinski definition) is 1. The highest BCUT2D eigenvalue weighted by molar-refractivity contribution is 7.88. The third kappa shape index (κ3) is 2.49. The highest BCUT2D eigenvalue weighted by atomic mass is 35.5. The first-order valence-electron chi connectivity index (χ1n) is 6.36. The summed E-state index contributed by atoms with van der Waals surface area (Å²) in [5.41, 5.74) is 3.23. The van der Waals surface area contributed by atoms with Crippen molar-refractivity contribution in [2.24, 2.45) is 0 Å². The van der Waals surface area contributed by atoms with Crippen LogP contribution >= 0.6 is 11.6 Å². The summed E-state index contributed by atoms with van der Waals surface area (Å²) in [5.74, 6) is 0. The lowest BCUT2D eigenvalue weighted by Gasteiger charge is -2.24. The maximum atomic E-state index is 11.5. The van der Waals surface area contributed by atoms with E-state index >= 15 is 0 Å². The minimum absolute atomic E-state index is 0.423. The van der Waals surface area contributed by atoms with Crippen molar-refractivity contribution < 1.29 is 8.42 Å². The van der Waals surface area contributed by atoms with Gasteiger partial charge in [-0.05, 0) is 35.8 Å². The Bertz CT molecular complexity index is 793. The van der Waals surface area contributed by atoms with E-state index in [0.717, 1.165) is 22.0 Å². The van der Waals surface area contributed by atoms with E-state index in [-0.39, 0.29) is 0 Å². The fourth-order valence-corrected chi connectivity index (χ4v) is 3.58. The molecule has 0 radical (unpaired) electrons. The van der Waals surface area contributed by atoms with Gasteiger partial charge in [0.25, 0.3) is 0 Å². The molecule has 0 saturated carbocycles.